The Bertz CT molecular complexity index is 505. The van der Waals surface area contributed by atoms with Crippen molar-refractivity contribution in [1.29, 1.82) is 0 Å². The lowest BCUT2D eigenvalue weighted by molar-refractivity contribution is 0.598. The molecule has 2 heterocycles. The topological polar surface area (TPSA) is 50.1 Å². The van der Waals surface area contributed by atoms with Crippen LogP contribution in [0.1, 0.15) is 6.42 Å². The first-order valence-corrected chi connectivity index (χ1v) is 5.35. The van der Waals surface area contributed by atoms with Gasteiger partial charge in [-0.3, -0.25) is 0 Å². The molecule has 0 bridgehead atoms. The van der Waals surface area contributed by atoms with Gasteiger partial charge in [0.2, 0.25) is 0 Å². The van der Waals surface area contributed by atoms with Gasteiger partial charge in [0.05, 0.1) is 0 Å². The molecule has 1 fully saturated rings. The molecule has 1 aliphatic rings. The number of halogens is 1. The van der Waals surface area contributed by atoms with E-state index in [0.29, 0.717) is 17.6 Å². The molecule has 1 aromatic heterocycles. The summed E-state index contributed by atoms with van der Waals surface area (Å²) in [7, 11) is 0. The van der Waals surface area contributed by atoms with Crippen LogP contribution in [0.15, 0.2) is 22.6 Å². The van der Waals surface area contributed by atoms with E-state index in [2.05, 4.69) is 15.6 Å². The molecule has 0 aliphatic carbocycles. The number of oxazole rings is 1. The summed E-state index contributed by atoms with van der Waals surface area (Å²) < 4.78 is 18.8. The first-order valence-electron chi connectivity index (χ1n) is 5.35. The van der Waals surface area contributed by atoms with Crippen LogP contribution < -0.4 is 10.6 Å². The minimum Gasteiger partial charge on any atom is -0.423 e. The number of nitrogens with zero attached hydrogens (tertiary/aromatic N) is 1. The van der Waals surface area contributed by atoms with E-state index in [-0.39, 0.29) is 11.3 Å². The molecule has 2 N–H and O–H groups in total. The molecule has 2 aromatic rings. The Morgan fingerprint density at radius 2 is 2.44 bits per heavy atom. The van der Waals surface area contributed by atoms with E-state index in [1.165, 1.54) is 6.07 Å². The largest absolute Gasteiger partial charge is 0.423 e. The van der Waals surface area contributed by atoms with Crippen LogP contribution >= 0.6 is 0 Å². The lowest BCUT2D eigenvalue weighted by atomic mass is 10.3. The normalized spacial score (nSPS) is 20.4. The molecular formula is C11H12FN3O. The van der Waals surface area contributed by atoms with Gasteiger partial charge < -0.3 is 15.1 Å². The zero-order chi connectivity index (χ0) is 11.0. The number of fused-ring (bicyclic) bond motifs is 1. The molecule has 1 aromatic carbocycles. The highest BCUT2D eigenvalue weighted by Gasteiger charge is 2.17. The van der Waals surface area contributed by atoms with Crippen LogP contribution in [-0.2, 0) is 0 Å². The summed E-state index contributed by atoms with van der Waals surface area (Å²) in [4.78, 5) is 4.10. The number of aromatic nitrogens is 1. The van der Waals surface area contributed by atoms with Gasteiger partial charge in [0.25, 0.3) is 6.01 Å². The summed E-state index contributed by atoms with van der Waals surface area (Å²) in [6, 6.07) is 5.42. The van der Waals surface area contributed by atoms with Crippen molar-refractivity contribution in [2.24, 2.45) is 0 Å². The van der Waals surface area contributed by atoms with E-state index in [9.17, 15) is 4.39 Å². The lowest BCUT2D eigenvalue weighted by Gasteiger charge is -2.07. The van der Waals surface area contributed by atoms with Crippen molar-refractivity contribution in [3.8, 4) is 0 Å². The number of nitrogens with one attached hydrogen (secondary N) is 2. The third-order valence-electron chi connectivity index (χ3n) is 2.76. The van der Waals surface area contributed by atoms with Crippen molar-refractivity contribution in [2.75, 3.05) is 18.4 Å². The van der Waals surface area contributed by atoms with Gasteiger partial charge in [-0.25, -0.2) is 4.39 Å². The third kappa shape index (κ3) is 1.63. The second-order valence-corrected chi connectivity index (χ2v) is 3.94. The highest BCUT2D eigenvalue weighted by atomic mass is 19.1. The average Bonchev–Trinajstić information content (AvgIpc) is 2.88. The SMILES string of the molecule is Fc1cccc2oc(NC3CCNC3)nc12. The number of para-hydroxylation sites is 1. The molecule has 1 saturated heterocycles. The maximum atomic E-state index is 13.4. The van der Waals surface area contributed by atoms with Gasteiger partial charge in [-0.2, -0.15) is 4.98 Å². The zero-order valence-electron chi connectivity index (χ0n) is 8.66. The maximum absolute atomic E-state index is 13.4. The number of anilines is 1. The molecule has 4 nitrogen and oxygen atoms in total. The number of hydrogen-bond acceptors (Lipinski definition) is 4. The fourth-order valence-electron chi connectivity index (χ4n) is 1.93. The monoisotopic (exact) mass is 221 g/mol. The van der Waals surface area contributed by atoms with Crippen LogP contribution in [0.5, 0.6) is 0 Å². The molecule has 84 valence electrons. The van der Waals surface area contributed by atoms with Gasteiger partial charge in [0.15, 0.2) is 11.4 Å². The van der Waals surface area contributed by atoms with Gasteiger partial charge in [-0.05, 0) is 25.1 Å². The number of benzene rings is 1. The van der Waals surface area contributed by atoms with E-state index in [1.807, 2.05) is 0 Å². The van der Waals surface area contributed by atoms with Gasteiger partial charge in [-0.1, -0.05) is 6.07 Å². The third-order valence-corrected chi connectivity index (χ3v) is 2.76. The second-order valence-electron chi connectivity index (χ2n) is 3.94. The zero-order valence-corrected chi connectivity index (χ0v) is 8.66. The van der Waals surface area contributed by atoms with Crippen LogP contribution in [0.3, 0.4) is 0 Å². The molecule has 0 saturated carbocycles. The Morgan fingerprint density at radius 3 is 3.19 bits per heavy atom. The van der Waals surface area contributed by atoms with Crippen molar-refractivity contribution in [1.82, 2.24) is 10.3 Å². The fraction of sp³-hybridized carbons (Fsp3) is 0.364. The Labute approximate surface area is 91.8 Å². The van der Waals surface area contributed by atoms with Crippen LogP contribution in [0.2, 0.25) is 0 Å². The van der Waals surface area contributed by atoms with E-state index in [0.717, 1.165) is 19.5 Å². The smallest absolute Gasteiger partial charge is 0.296 e. The van der Waals surface area contributed by atoms with E-state index in [4.69, 9.17) is 4.42 Å². The molecule has 5 heteroatoms. The highest BCUT2D eigenvalue weighted by molar-refractivity contribution is 5.74. The summed E-state index contributed by atoms with van der Waals surface area (Å²) in [6.45, 7) is 1.88. The Morgan fingerprint density at radius 1 is 1.50 bits per heavy atom. The standard InChI is InChI=1S/C11H12FN3O/c12-8-2-1-3-9-10(8)15-11(16-9)14-7-4-5-13-6-7/h1-3,7,13H,4-6H2,(H,14,15). The predicted molar refractivity (Wildman–Crippen MR) is 58.9 cm³/mol. The minimum absolute atomic E-state index is 0.288. The Balaban J connectivity index is 1.90. The van der Waals surface area contributed by atoms with Crippen molar-refractivity contribution in [3.63, 3.8) is 0 Å². The predicted octanol–water partition coefficient (Wildman–Crippen LogP) is 1.74. The minimum atomic E-state index is -0.348. The van der Waals surface area contributed by atoms with Crippen molar-refractivity contribution in [2.45, 2.75) is 12.5 Å². The number of hydrogen-bond donors (Lipinski definition) is 2. The summed E-state index contributed by atoms with van der Waals surface area (Å²) in [5.41, 5.74) is 0.768. The quantitative estimate of drug-likeness (QED) is 0.811. The molecule has 0 radical (unpaired) electrons. The first-order chi connectivity index (χ1) is 7.83. The molecule has 0 spiro atoms. The van der Waals surface area contributed by atoms with Crippen molar-refractivity contribution in [3.05, 3.63) is 24.0 Å². The van der Waals surface area contributed by atoms with E-state index < -0.39 is 0 Å². The summed E-state index contributed by atoms with van der Waals surface area (Å²) in [5.74, 6) is -0.348. The van der Waals surface area contributed by atoms with Gasteiger partial charge >= 0.3 is 0 Å². The van der Waals surface area contributed by atoms with Crippen molar-refractivity contribution >= 4 is 17.1 Å². The van der Waals surface area contributed by atoms with Crippen LogP contribution in [0.25, 0.3) is 11.1 Å². The first kappa shape index (κ1) is 9.59. The van der Waals surface area contributed by atoms with Crippen LogP contribution in [-0.4, -0.2) is 24.1 Å². The average molecular weight is 221 g/mol. The van der Waals surface area contributed by atoms with Gasteiger partial charge in [0, 0.05) is 12.6 Å². The summed E-state index contributed by atoms with van der Waals surface area (Å²) in [6.07, 6.45) is 1.03. The highest BCUT2D eigenvalue weighted by Crippen LogP contribution is 2.22. The van der Waals surface area contributed by atoms with Gasteiger partial charge in [-0.15, -0.1) is 0 Å². The molecular weight excluding hydrogens is 209 g/mol. The maximum Gasteiger partial charge on any atom is 0.296 e. The van der Waals surface area contributed by atoms with E-state index in [1.54, 1.807) is 12.1 Å². The lowest BCUT2D eigenvalue weighted by Crippen LogP contribution is -2.22. The van der Waals surface area contributed by atoms with E-state index >= 15 is 0 Å². The number of rotatable bonds is 2. The Kier molecular flexibility index (Phi) is 2.25. The second kappa shape index (κ2) is 3.75. The Hall–Kier alpha value is -1.62. The molecule has 1 aliphatic heterocycles. The van der Waals surface area contributed by atoms with Crippen molar-refractivity contribution < 1.29 is 8.81 Å². The molecule has 1 atom stereocenters. The molecule has 0 amide bonds. The summed E-state index contributed by atoms with van der Waals surface area (Å²) in [5, 5.41) is 6.38. The molecule has 16 heavy (non-hydrogen) atoms. The molecule has 1 unspecified atom stereocenters. The molecule has 3 rings (SSSR count). The van der Waals surface area contributed by atoms with Crippen LogP contribution in [0, 0.1) is 5.82 Å². The van der Waals surface area contributed by atoms with Gasteiger partial charge in [0.1, 0.15) is 5.52 Å². The van der Waals surface area contributed by atoms with Crippen LogP contribution in [0.4, 0.5) is 10.4 Å². The fourth-order valence-corrected chi connectivity index (χ4v) is 1.93. The summed E-state index contributed by atoms with van der Waals surface area (Å²) >= 11 is 0.